The number of hydrogen-bond donors (Lipinski definition) is 2. The van der Waals surface area contributed by atoms with Crippen LogP contribution in [-0.4, -0.2) is 82.0 Å². The summed E-state index contributed by atoms with van der Waals surface area (Å²) in [6, 6.07) is 5.57. The van der Waals surface area contributed by atoms with Crippen molar-refractivity contribution in [3.63, 3.8) is 0 Å². The molecule has 0 saturated carbocycles. The third-order valence-electron chi connectivity index (χ3n) is 8.17. The van der Waals surface area contributed by atoms with Gasteiger partial charge in [-0.05, 0) is 43.4 Å². The summed E-state index contributed by atoms with van der Waals surface area (Å²) in [7, 11) is 0. The highest BCUT2D eigenvalue weighted by Crippen LogP contribution is 2.38. The molecule has 3 atom stereocenters. The Hall–Kier alpha value is -3.43. The predicted molar refractivity (Wildman–Crippen MR) is 147 cm³/mol. The molecule has 10 heteroatoms. The molecule has 2 fully saturated rings. The van der Waals surface area contributed by atoms with E-state index in [9.17, 15) is 24.0 Å². The van der Waals surface area contributed by atoms with Crippen molar-refractivity contribution in [3.05, 3.63) is 35.4 Å². The summed E-state index contributed by atoms with van der Waals surface area (Å²) in [6.07, 6.45) is 6.21. The van der Waals surface area contributed by atoms with Gasteiger partial charge >= 0.3 is 0 Å². The maximum absolute atomic E-state index is 14.4. The molecule has 0 spiro atoms. The van der Waals surface area contributed by atoms with Crippen LogP contribution in [0.3, 0.4) is 0 Å². The van der Waals surface area contributed by atoms with Crippen molar-refractivity contribution in [3.8, 4) is 0 Å². The average molecular weight is 542 g/mol. The molecule has 0 bridgehead atoms. The van der Waals surface area contributed by atoms with Gasteiger partial charge in [-0.25, -0.2) is 0 Å². The van der Waals surface area contributed by atoms with E-state index in [0.29, 0.717) is 30.6 Å². The van der Waals surface area contributed by atoms with Crippen LogP contribution in [0.5, 0.6) is 0 Å². The van der Waals surface area contributed by atoms with Crippen LogP contribution in [0, 0.1) is 0 Å². The van der Waals surface area contributed by atoms with Crippen LogP contribution in [-0.2, 0) is 19.2 Å². The Labute approximate surface area is 231 Å². The number of fused-ring (bicyclic) bond motifs is 1. The van der Waals surface area contributed by atoms with Crippen molar-refractivity contribution < 1.29 is 24.0 Å². The second-order valence-electron chi connectivity index (χ2n) is 10.8. The van der Waals surface area contributed by atoms with Crippen LogP contribution >= 0.6 is 0 Å². The zero-order valence-corrected chi connectivity index (χ0v) is 23.5. The molecule has 1 aromatic carbocycles. The van der Waals surface area contributed by atoms with Gasteiger partial charge in [0, 0.05) is 31.1 Å². The number of piperazine rings is 1. The van der Waals surface area contributed by atoms with E-state index < -0.39 is 35.2 Å². The van der Waals surface area contributed by atoms with E-state index in [1.165, 1.54) is 9.80 Å². The highest BCUT2D eigenvalue weighted by atomic mass is 16.2. The lowest BCUT2D eigenvalue weighted by molar-refractivity contribution is -0.171. The Kier molecular flexibility index (Phi) is 10.1. The lowest BCUT2D eigenvalue weighted by atomic mass is 9.85. The van der Waals surface area contributed by atoms with Gasteiger partial charge in [-0.15, -0.1) is 0 Å². The standard InChI is InChI=1S/C29H43N5O5/c1-4-6-8-16-32(17-9-7-5-2)26(37)24(20(3)21-11-13-22(14-12-21)25(30)36)33-19-23(35)34-18-10-15-29(34,27(31)38)28(33)39/h11-14,20,24H,4-10,15-19H2,1-3H3,(H2,30,36)(H2,31,38). The Morgan fingerprint density at radius 1 is 0.974 bits per heavy atom. The fourth-order valence-electron chi connectivity index (χ4n) is 5.88. The van der Waals surface area contributed by atoms with Crippen LogP contribution in [0.15, 0.2) is 24.3 Å². The van der Waals surface area contributed by atoms with E-state index in [2.05, 4.69) is 13.8 Å². The normalized spacial score (nSPS) is 20.5. The highest BCUT2D eigenvalue weighted by molar-refractivity contribution is 6.15. The molecule has 2 aliphatic rings. The molecule has 5 amide bonds. The van der Waals surface area contributed by atoms with Crippen LogP contribution < -0.4 is 11.5 Å². The van der Waals surface area contributed by atoms with Gasteiger partial charge in [-0.1, -0.05) is 58.6 Å². The summed E-state index contributed by atoms with van der Waals surface area (Å²) >= 11 is 0. The van der Waals surface area contributed by atoms with Crippen LogP contribution in [0.2, 0.25) is 0 Å². The zero-order valence-electron chi connectivity index (χ0n) is 23.5. The molecule has 3 unspecified atom stereocenters. The number of unbranched alkanes of at least 4 members (excludes halogenated alkanes) is 4. The smallest absolute Gasteiger partial charge is 0.259 e. The molecule has 2 saturated heterocycles. The van der Waals surface area contributed by atoms with E-state index in [1.807, 2.05) is 6.92 Å². The maximum Gasteiger partial charge on any atom is 0.259 e. The largest absolute Gasteiger partial charge is 0.367 e. The summed E-state index contributed by atoms with van der Waals surface area (Å²) in [4.78, 5) is 70.4. The molecule has 0 radical (unpaired) electrons. The summed E-state index contributed by atoms with van der Waals surface area (Å²) < 4.78 is 0. The lowest BCUT2D eigenvalue weighted by Gasteiger charge is -2.47. The maximum atomic E-state index is 14.4. The minimum atomic E-state index is -1.77. The molecule has 1 aromatic rings. The molecule has 0 aromatic heterocycles. The van der Waals surface area contributed by atoms with Crippen LogP contribution in [0.4, 0.5) is 0 Å². The van der Waals surface area contributed by atoms with Crippen molar-refractivity contribution in [1.82, 2.24) is 14.7 Å². The van der Waals surface area contributed by atoms with Crippen molar-refractivity contribution >= 4 is 29.5 Å². The monoisotopic (exact) mass is 541 g/mol. The summed E-state index contributed by atoms with van der Waals surface area (Å²) in [6.45, 7) is 7.09. The minimum absolute atomic E-state index is 0.142. The van der Waals surface area contributed by atoms with Gasteiger partial charge in [-0.3, -0.25) is 24.0 Å². The summed E-state index contributed by atoms with van der Waals surface area (Å²) in [5.74, 6) is -3.19. The van der Waals surface area contributed by atoms with Gasteiger partial charge < -0.3 is 26.2 Å². The number of hydrogen-bond acceptors (Lipinski definition) is 5. The molecular weight excluding hydrogens is 498 g/mol. The number of nitrogens with two attached hydrogens (primary N) is 2. The van der Waals surface area contributed by atoms with Crippen molar-refractivity contribution in [2.75, 3.05) is 26.2 Å². The van der Waals surface area contributed by atoms with Gasteiger partial charge in [0.05, 0.1) is 0 Å². The van der Waals surface area contributed by atoms with E-state index in [-0.39, 0.29) is 31.3 Å². The van der Waals surface area contributed by atoms with E-state index in [4.69, 9.17) is 11.5 Å². The minimum Gasteiger partial charge on any atom is -0.367 e. The number of benzene rings is 1. The third-order valence-corrected chi connectivity index (χ3v) is 8.17. The van der Waals surface area contributed by atoms with E-state index in [1.54, 1.807) is 29.2 Å². The fourth-order valence-corrected chi connectivity index (χ4v) is 5.88. The summed E-state index contributed by atoms with van der Waals surface area (Å²) in [5.41, 5.74) is 10.4. The first-order chi connectivity index (χ1) is 18.6. The lowest BCUT2D eigenvalue weighted by Crippen LogP contribution is -2.73. The first-order valence-electron chi connectivity index (χ1n) is 14.2. The first-order valence-corrected chi connectivity index (χ1v) is 14.2. The first kappa shape index (κ1) is 30.1. The Morgan fingerprint density at radius 2 is 1.56 bits per heavy atom. The molecule has 4 N–H and O–H groups in total. The van der Waals surface area contributed by atoms with Crippen LogP contribution in [0.1, 0.15) is 94.0 Å². The van der Waals surface area contributed by atoms with E-state index >= 15 is 0 Å². The number of carbonyl (C=O) groups excluding carboxylic acids is 5. The quantitative estimate of drug-likeness (QED) is 0.274. The van der Waals surface area contributed by atoms with Gasteiger partial charge in [0.25, 0.3) is 11.8 Å². The second-order valence-corrected chi connectivity index (χ2v) is 10.8. The molecule has 3 rings (SSSR count). The Morgan fingerprint density at radius 3 is 2.08 bits per heavy atom. The number of primary amides is 2. The molecule has 10 nitrogen and oxygen atoms in total. The molecule has 0 aliphatic carbocycles. The Balaban J connectivity index is 2.06. The van der Waals surface area contributed by atoms with Crippen LogP contribution in [0.25, 0.3) is 0 Å². The molecular formula is C29H43N5O5. The number of rotatable bonds is 14. The number of nitrogens with zero attached hydrogens (tertiary/aromatic N) is 3. The van der Waals surface area contributed by atoms with Crippen molar-refractivity contribution in [2.24, 2.45) is 11.5 Å². The number of carbonyl (C=O) groups is 5. The predicted octanol–water partition coefficient (Wildman–Crippen LogP) is 2.16. The number of amides is 5. The second kappa shape index (κ2) is 13.1. The van der Waals surface area contributed by atoms with Gasteiger partial charge in [0.1, 0.15) is 12.6 Å². The average Bonchev–Trinajstić information content (AvgIpc) is 3.38. The SMILES string of the molecule is CCCCCN(CCCCC)C(=O)C(C(C)c1ccc(C(N)=O)cc1)N1CC(=O)N2CCCC2(C(N)=O)C1=O. The van der Waals surface area contributed by atoms with Crippen molar-refractivity contribution in [1.29, 1.82) is 0 Å². The third kappa shape index (κ3) is 6.09. The molecule has 2 heterocycles. The topological polar surface area (TPSA) is 147 Å². The van der Waals surface area contributed by atoms with E-state index in [0.717, 1.165) is 38.5 Å². The zero-order chi connectivity index (χ0) is 28.7. The van der Waals surface area contributed by atoms with Gasteiger partial charge in [-0.2, -0.15) is 0 Å². The molecule has 2 aliphatic heterocycles. The summed E-state index contributed by atoms with van der Waals surface area (Å²) in [5, 5.41) is 0. The van der Waals surface area contributed by atoms with Crippen molar-refractivity contribution in [2.45, 2.75) is 89.6 Å². The van der Waals surface area contributed by atoms with Gasteiger partial charge in [0.2, 0.25) is 23.3 Å². The molecule has 39 heavy (non-hydrogen) atoms. The fraction of sp³-hybridized carbons (Fsp3) is 0.621. The molecule has 214 valence electrons. The Bertz CT molecular complexity index is 1060. The highest BCUT2D eigenvalue weighted by Gasteiger charge is 2.61. The van der Waals surface area contributed by atoms with Gasteiger partial charge in [0.15, 0.2) is 0 Å².